The number of pyridine rings is 1. The van der Waals surface area contributed by atoms with Crippen LogP contribution in [0.15, 0.2) is 28.8 Å². The van der Waals surface area contributed by atoms with Gasteiger partial charge in [-0.2, -0.15) is 4.98 Å². The Morgan fingerprint density at radius 3 is 2.61 bits per heavy atom. The van der Waals surface area contributed by atoms with Crippen molar-refractivity contribution in [2.45, 2.75) is 46.6 Å². The smallest absolute Gasteiger partial charge is 0.258 e. The molecule has 0 saturated carbocycles. The third-order valence-electron chi connectivity index (χ3n) is 5.13. The molecule has 0 fully saturated rings. The number of aliphatic hydroxyl groups is 2. The zero-order valence-corrected chi connectivity index (χ0v) is 19.4. The van der Waals surface area contributed by atoms with Crippen LogP contribution >= 0.6 is 0 Å². The van der Waals surface area contributed by atoms with Crippen molar-refractivity contribution >= 4 is 5.91 Å². The van der Waals surface area contributed by atoms with Crippen molar-refractivity contribution < 1.29 is 24.3 Å². The van der Waals surface area contributed by atoms with E-state index in [1.54, 1.807) is 0 Å². The zero-order chi connectivity index (χ0) is 24.0. The lowest BCUT2D eigenvalue weighted by atomic mass is 10.0. The van der Waals surface area contributed by atoms with Crippen LogP contribution in [0.3, 0.4) is 0 Å². The van der Waals surface area contributed by atoms with Gasteiger partial charge in [-0.05, 0) is 62.1 Å². The molecule has 3 N–H and O–H groups in total. The molecule has 9 nitrogen and oxygen atoms in total. The number of hydrogen-bond donors (Lipinski definition) is 3. The minimum absolute atomic E-state index is 0.00301. The number of carbonyl (C=O) groups excluding carboxylic acids is 1. The Bertz CT molecular complexity index is 1110. The highest BCUT2D eigenvalue weighted by Crippen LogP contribution is 2.31. The molecule has 0 aliphatic carbocycles. The summed E-state index contributed by atoms with van der Waals surface area (Å²) in [6.45, 7) is 7.30. The molecule has 0 aliphatic heterocycles. The Morgan fingerprint density at radius 1 is 1.12 bits per heavy atom. The lowest BCUT2D eigenvalue weighted by Crippen LogP contribution is -2.36. The molecule has 0 bridgehead atoms. The predicted octanol–water partition coefficient (Wildman–Crippen LogP) is 2.39. The van der Waals surface area contributed by atoms with Crippen molar-refractivity contribution in [2.75, 3.05) is 19.8 Å². The topological polar surface area (TPSA) is 131 Å². The number of benzene rings is 1. The lowest BCUT2D eigenvalue weighted by molar-refractivity contribution is -0.124. The molecule has 2 heterocycles. The van der Waals surface area contributed by atoms with Gasteiger partial charge in [0.25, 0.3) is 5.89 Å². The molecule has 1 atom stereocenters. The van der Waals surface area contributed by atoms with E-state index < -0.39 is 18.6 Å². The molecule has 33 heavy (non-hydrogen) atoms. The molecule has 176 valence electrons. The van der Waals surface area contributed by atoms with E-state index in [1.807, 2.05) is 45.0 Å². The van der Waals surface area contributed by atoms with Gasteiger partial charge in [-0.15, -0.1) is 0 Å². The van der Waals surface area contributed by atoms with Crippen LogP contribution in [0.4, 0.5) is 0 Å². The molecule has 1 aromatic carbocycles. The third kappa shape index (κ3) is 6.15. The van der Waals surface area contributed by atoms with Crippen molar-refractivity contribution in [1.29, 1.82) is 0 Å². The Kier molecular flexibility index (Phi) is 8.13. The molecule has 3 aromatic rings. The highest BCUT2D eigenvalue weighted by atomic mass is 16.5. The first kappa shape index (κ1) is 24.3. The Morgan fingerprint density at radius 2 is 1.91 bits per heavy atom. The molecule has 1 amide bonds. The van der Waals surface area contributed by atoms with Gasteiger partial charge >= 0.3 is 0 Å². The van der Waals surface area contributed by atoms with Crippen molar-refractivity contribution in [3.63, 3.8) is 0 Å². The number of nitrogens with zero attached hydrogens (tertiary/aromatic N) is 3. The Balaban J connectivity index is 1.79. The summed E-state index contributed by atoms with van der Waals surface area (Å²) < 4.78 is 11.4. The van der Waals surface area contributed by atoms with E-state index in [4.69, 9.17) is 14.4 Å². The number of aryl methyl sites for hydroxylation is 4. The van der Waals surface area contributed by atoms with Crippen LogP contribution in [0.1, 0.15) is 36.4 Å². The van der Waals surface area contributed by atoms with Crippen LogP contribution < -0.4 is 10.1 Å². The largest absolute Gasteiger partial charge is 0.490 e. The summed E-state index contributed by atoms with van der Waals surface area (Å²) in [5.41, 5.74) is 5.32. The fourth-order valence-corrected chi connectivity index (χ4v) is 3.47. The van der Waals surface area contributed by atoms with Gasteiger partial charge in [-0.25, -0.2) is 0 Å². The fraction of sp³-hybridized carbons (Fsp3) is 0.417. The van der Waals surface area contributed by atoms with E-state index in [9.17, 15) is 9.90 Å². The van der Waals surface area contributed by atoms with Crippen molar-refractivity contribution in [3.05, 3.63) is 46.8 Å². The number of nitrogens with one attached hydrogen (secondary N) is 1. The summed E-state index contributed by atoms with van der Waals surface area (Å²) in [6.07, 6.45) is 0.619. The zero-order valence-electron chi connectivity index (χ0n) is 19.4. The van der Waals surface area contributed by atoms with E-state index >= 15 is 0 Å². The number of ether oxygens (including phenoxy) is 1. The standard InChI is InChI=1S/C24H30N4O5/c1-5-16-9-18(7-14(3)22(16)32-13-20(30)11-25-21(31)12-29)24-27-23(28-33-24)17-8-15(4)26-19(6-2)10-17/h7-10,20,29-30H,5-6,11-13H2,1-4H3,(H,25,31). The number of amides is 1. The quantitative estimate of drug-likeness (QED) is 0.426. The van der Waals surface area contributed by atoms with Gasteiger partial charge < -0.3 is 24.8 Å². The normalized spacial score (nSPS) is 11.9. The maximum atomic E-state index is 11.1. The maximum Gasteiger partial charge on any atom is 0.258 e. The first-order chi connectivity index (χ1) is 15.8. The first-order valence-corrected chi connectivity index (χ1v) is 11.0. The number of hydrogen-bond acceptors (Lipinski definition) is 8. The van der Waals surface area contributed by atoms with Crippen molar-refractivity contribution in [2.24, 2.45) is 0 Å². The summed E-state index contributed by atoms with van der Waals surface area (Å²) in [5, 5.41) is 25.4. The number of aliphatic hydroxyl groups excluding tert-OH is 2. The van der Waals surface area contributed by atoms with Gasteiger partial charge in [0.15, 0.2) is 0 Å². The van der Waals surface area contributed by atoms with E-state index in [0.29, 0.717) is 23.9 Å². The van der Waals surface area contributed by atoms with Crippen LogP contribution in [0.5, 0.6) is 5.75 Å². The monoisotopic (exact) mass is 454 g/mol. The maximum absolute atomic E-state index is 11.1. The number of rotatable bonds is 10. The van der Waals surface area contributed by atoms with Crippen LogP contribution in [-0.4, -0.2) is 57.1 Å². The van der Waals surface area contributed by atoms with Gasteiger partial charge in [0, 0.05) is 29.1 Å². The van der Waals surface area contributed by atoms with Crippen LogP contribution in [-0.2, 0) is 17.6 Å². The summed E-state index contributed by atoms with van der Waals surface area (Å²) in [4.78, 5) is 20.2. The second kappa shape index (κ2) is 11.0. The second-order valence-electron chi connectivity index (χ2n) is 7.83. The first-order valence-electron chi connectivity index (χ1n) is 11.0. The fourth-order valence-electron chi connectivity index (χ4n) is 3.47. The predicted molar refractivity (Wildman–Crippen MR) is 123 cm³/mol. The molecule has 0 spiro atoms. The highest BCUT2D eigenvalue weighted by Gasteiger charge is 2.17. The van der Waals surface area contributed by atoms with Gasteiger partial charge in [0.1, 0.15) is 25.1 Å². The van der Waals surface area contributed by atoms with E-state index in [-0.39, 0.29) is 13.2 Å². The molecule has 0 saturated heterocycles. The molecule has 2 aromatic heterocycles. The number of carbonyl (C=O) groups is 1. The lowest BCUT2D eigenvalue weighted by Gasteiger charge is -2.17. The molecular formula is C24H30N4O5. The molecule has 1 unspecified atom stereocenters. The van der Waals surface area contributed by atoms with Crippen molar-refractivity contribution in [3.8, 4) is 28.6 Å². The number of aromatic nitrogens is 3. The van der Waals surface area contributed by atoms with Gasteiger partial charge in [-0.3, -0.25) is 9.78 Å². The second-order valence-corrected chi connectivity index (χ2v) is 7.83. The Hall–Kier alpha value is -3.30. The summed E-state index contributed by atoms with van der Waals surface area (Å²) in [7, 11) is 0. The molecular weight excluding hydrogens is 424 g/mol. The molecule has 0 aliphatic rings. The average Bonchev–Trinajstić information content (AvgIpc) is 3.31. The van der Waals surface area contributed by atoms with Crippen LogP contribution in [0, 0.1) is 13.8 Å². The molecule has 0 radical (unpaired) electrons. The van der Waals surface area contributed by atoms with Gasteiger partial charge in [0.2, 0.25) is 11.7 Å². The Labute approximate surface area is 192 Å². The minimum Gasteiger partial charge on any atom is -0.490 e. The van der Waals surface area contributed by atoms with Crippen LogP contribution in [0.2, 0.25) is 0 Å². The molecule has 3 rings (SSSR count). The third-order valence-corrected chi connectivity index (χ3v) is 5.13. The van der Waals surface area contributed by atoms with E-state index in [1.165, 1.54) is 0 Å². The summed E-state index contributed by atoms with van der Waals surface area (Å²) in [6, 6.07) is 7.74. The van der Waals surface area contributed by atoms with E-state index in [2.05, 4.69) is 27.4 Å². The van der Waals surface area contributed by atoms with Gasteiger partial charge in [0.05, 0.1) is 0 Å². The highest BCUT2D eigenvalue weighted by molar-refractivity contribution is 5.76. The average molecular weight is 455 g/mol. The summed E-state index contributed by atoms with van der Waals surface area (Å²) in [5.74, 6) is 1.05. The minimum atomic E-state index is -0.903. The van der Waals surface area contributed by atoms with Gasteiger partial charge in [-0.1, -0.05) is 19.0 Å². The van der Waals surface area contributed by atoms with Crippen LogP contribution in [0.25, 0.3) is 22.8 Å². The van der Waals surface area contributed by atoms with Crippen molar-refractivity contribution in [1.82, 2.24) is 20.4 Å². The molecule has 9 heteroatoms. The van der Waals surface area contributed by atoms with E-state index in [0.717, 1.165) is 40.1 Å². The SMILES string of the molecule is CCc1cc(-c2noc(-c3cc(C)c(OCC(O)CNC(=O)CO)c(CC)c3)n2)cc(C)n1. The summed E-state index contributed by atoms with van der Waals surface area (Å²) >= 11 is 0.